The molecule has 6 nitrogen and oxygen atoms in total. The predicted molar refractivity (Wildman–Crippen MR) is 98.1 cm³/mol. The van der Waals surface area contributed by atoms with Gasteiger partial charge in [-0.05, 0) is 49.4 Å². The Balaban J connectivity index is 2.22. The highest BCUT2D eigenvalue weighted by atomic mass is 32.2. The van der Waals surface area contributed by atoms with Crippen LogP contribution in [0.1, 0.15) is 11.1 Å². The van der Waals surface area contributed by atoms with E-state index in [1.165, 1.54) is 26.3 Å². The highest BCUT2D eigenvalue weighted by molar-refractivity contribution is 7.89. The minimum atomic E-state index is -3.67. The molecule has 0 heterocycles. The summed E-state index contributed by atoms with van der Waals surface area (Å²) in [6.45, 7) is 1.90. The Kier molecular flexibility index (Phi) is 5.95. The average Bonchev–Trinajstić information content (AvgIpc) is 2.61. The van der Waals surface area contributed by atoms with Gasteiger partial charge >= 0.3 is 0 Å². The zero-order valence-electron chi connectivity index (χ0n) is 14.2. The summed E-state index contributed by atoms with van der Waals surface area (Å²) in [5.74, 6) is -0.0704. The summed E-state index contributed by atoms with van der Waals surface area (Å²) in [5, 5.41) is 2.78. The molecule has 0 aliphatic carbocycles. The van der Waals surface area contributed by atoms with E-state index in [1.807, 2.05) is 31.2 Å². The van der Waals surface area contributed by atoms with Crippen LogP contribution in [0.5, 0.6) is 5.75 Å². The molecule has 2 aromatic carbocycles. The van der Waals surface area contributed by atoms with E-state index in [2.05, 4.69) is 10.0 Å². The Labute approximate surface area is 147 Å². The molecule has 0 fully saturated rings. The second-order valence-corrected chi connectivity index (χ2v) is 7.11. The van der Waals surface area contributed by atoms with E-state index in [0.717, 1.165) is 11.3 Å². The van der Waals surface area contributed by atoms with E-state index in [9.17, 15) is 13.2 Å². The van der Waals surface area contributed by atoms with Crippen LogP contribution in [-0.4, -0.2) is 28.5 Å². The van der Waals surface area contributed by atoms with Crippen molar-refractivity contribution in [3.05, 3.63) is 59.7 Å². The first-order chi connectivity index (χ1) is 11.9. The number of hydrogen-bond donors (Lipinski definition) is 2. The van der Waals surface area contributed by atoms with Gasteiger partial charge in [-0.1, -0.05) is 24.3 Å². The number of rotatable bonds is 6. The van der Waals surface area contributed by atoms with Crippen molar-refractivity contribution in [2.45, 2.75) is 11.8 Å². The molecule has 2 aromatic rings. The third-order valence-corrected chi connectivity index (χ3v) is 5.01. The van der Waals surface area contributed by atoms with Crippen molar-refractivity contribution < 1.29 is 17.9 Å². The number of para-hydroxylation sites is 1. The predicted octanol–water partition coefficient (Wildman–Crippen LogP) is 2.56. The van der Waals surface area contributed by atoms with Gasteiger partial charge in [0.15, 0.2) is 0 Å². The van der Waals surface area contributed by atoms with Gasteiger partial charge in [0.25, 0.3) is 0 Å². The number of anilines is 1. The summed E-state index contributed by atoms with van der Waals surface area (Å²) >= 11 is 0. The van der Waals surface area contributed by atoms with Crippen molar-refractivity contribution in [1.29, 1.82) is 0 Å². The maximum absolute atomic E-state index is 12.1. The topological polar surface area (TPSA) is 84.5 Å². The smallest absolute Gasteiger partial charge is 0.248 e. The second kappa shape index (κ2) is 7.96. The monoisotopic (exact) mass is 360 g/mol. The Morgan fingerprint density at radius 2 is 1.88 bits per heavy atom. The zero-order valence-corrected chi connectivity index (χ0v) is 15.1. The molecule has 0 bridgehead atoms. The zero-order chi connectivity index (χ0) is 18.4. The minimum Gasteiger partial charge on any atom is -0.495 e. The average molecular weight is 360 g/mol. The largest absolute Gasteiger partial charge is 0.495 e. The van der Waals surface area contributed by atoms with Crippen molar-refractivity contribution in [2.75, 3.05) is 19.5 Å². The van der Waals surface area contributed by atoms with Gasteiger partial charge in [-0.3, -0.25) is 4.79 Å². The van der Waals surface area contributed by atoms with Crippen LogP contribution < -0.4 is 14.8 Å². The van der Waals surface area contributed by atoms with Crippen LogP contribution in [0.4, 0.5) is 5.69 Å². The SMILES string of the molecule is CNS(=O)(=O)c1cc(/C=C/C(=O)Nc2ccccc2C)ccc1OC. The second-order valence-electron chi connectivity index (χ2n) is 5.26. The molecule has 132 valence electrons. The molecule has 0 aliphatic heterocycles. The van der Waals surface area contributed by atoms with Gasteiger partial charge < -0.3 is 10.1 Å². The lowest BCUT2D eigenvalue weighted by Gasteiger charge is -2.09. The Bertz CT molecular complexity index is 905. The third-order valence-electron chi connectivity index (χ3n) is 3.58. The fraction of sp³-hybridized carbons (Fsp3) is 0.167. The number of sulfonamides is 1. The lowest BCUT2D eigenvalue weighted by atomic mass is 10.2. The molecule has 2 rings (SSSR count). The highest BCUT2D eigenvalue weighted by Crippen LogP contribution is 2.25. The maximum Gasteiger partial charge on any atom is 0.248 e. The molecular weight excluding hydrogens is 340 g/mol. The number of nitrogens with one attached hydrogen (secondary N) is 2. The summed E-state index contributed by atoms with van der Waals surface area (Å²) in [6, 6.07) is 12.1. The fourth-order valence-electron chi connectivity index (χ4n) is 2.18. The van der Waals surface area contributed by atoms with Crippen molar-refractivity contribution >= 4 is 27.7 Å². The first-order valence-corrected chi connectivity index (χ1v) is 9.02. The molecule has 0 saturated heterocycles. The molecule has 0 radical (unpaired) electrons. The van der Waals surface area contributed by atoms with Gasteiger partial charge in [-0.15, -0.1) is 0 Å². The molecule has 0 aliphatic rings. The van der Waals surface area contributed by atoms with E-state index in [0.29, 0.717) is 5.56 Å². The molecule has 0 atom stereocenters. The van der Waals surface area contributed by atoms with Crippen LogP contribution in [0, 0.1) is 6.92 Å². The lowest BCUT2D eigenvalue weighted by molar-refractivity contribution is -0.111. The van der Waals surface area contributed by atoms with E-state index in [1.54, 1.807) is 18.2 Å². The first kappa shape index (κ1) is 18.7. The molecule has 0 aromatic heterocycles. The third kappa shape index (κ3) is 4.68. The highest BCUT2D eigenvalue weighted by Gasteiger charge is 2.17. The first-order valence-electron chi connectivity index (χ1n) is 7.53. The standard InChI is InChI=1S/C18H20N2O4S/c1-13-6-4-5-7-15(13)20-18(21)11-9-14-8-10-16(24-3)17(12-14)25(22,23)19-2/h4-12,19H,1-3H3,(H,20,21)/b11-9+. The van der Waals surface area contributed by atoms with Gasteiger partial charge in [0, 0.05) is 11.8 Å². The molecule has 25 heavy (non-hydrogen) atoms. The number of ether oxygens (including phenoxy) is 1. The molecule has 2 N–H and O–H groups in total. The molecule has 7 heteroatoms. The number of methoxy groups -OCH3 is 1. The van der Waals surface area contributed by atoms with Gasteiger partial charge in [0.2, 0.25) is 15.9 Å². The number of aryl methyl sites for hydroxylation is 1. The van der Waals surface area contributed by atoms with Crippen LogP contribution in [0.2, 0.25) is 0 Å². The molecule has 0 saturated carbocycles. The molecule has 0 spiro atoms. The van der Waals surface area contributed by atoms with E-state index in [4.69, 9.17) is 4.74 Å². The normalized spacial score (nSPS) is 11.5. The van der Waals surface area contributed by atoms with E-state index < -0.39 is 10.0 Å². The Morgan fingerprint density at radius 3 is 2.52 bits per heavy atom. The van der Waals surface area contributed by atoms with Crippen molar-refractivity contribution in [1.82, 2.24) is 4.72 Å². The number of amides is 1. The van der Waals surface area contributed by atoms with E-state index >= 15 is 0 Å². The van der Waals surface area contributed by atoms with Gasteiger partial charge in [-0.2, -0.15) is 0 Å². The number of hydrogen-bond acceptors (Lipinski definition) is 4. The minimum absolute atomic E-state index is 0.0129. The van der Waals surface area contributed by atoms with Crippen molar-refractivity contribution in [3.8, 4) is 5.75 Å². The van der Waals surface area contributed by atoms with Crippen molar-refractivity contribution in [3.63, 3.8) is 0 Å². The van der Waals surface area contributed by atoms with Crippen LogP contribution >= 0.6 is 0 Å². The molecular formula is C18H20N2O4S. The quantitative estimate of drug-likeness (QED) is 0.776. The Hall–Kier alpha value is -2.64. The van der Waals surface area contributed by atoms with Gasteiger partial charge in [0.1, 0.15) is 10.6 Å². The summed E-state index contributed by atoms with van der Waals surface area (Å²) in [6.07, 6.45) is 2.89. The summed E-state index contributed by atoms with van der Waals surface area (Å²) in [5.41, 5.74) is 2.25. The number of carbonyl (C=O) groups excluding carboxylic acids is 1. The van der Waals surface area contributed by atoms with Crippen LogP contribution in [0.25, 0.3) is 6.08 Å². The summed E-state index contributed by atoms with van der Waals surface area (Å²) in [4.78, 5) is 12.1. The van der Waals surface area contributed by atoms with Crippen LogP contribution in [0.3, 0.4) is 0 Å². The van der Waals surface area contributed by atoms with Gasteiger partial charge in [-0.25, -0.2) is 13.1 Å². The lowest BCUT2D eigenvalue weighted by Crippen LogP contribution is -2.19. The summed E-state index contributed by atoms with van der Waals surface area (Å²) < 4.78 is 31.4. The number of carbonyl (C=O) groups is 1. The molecule has 1 amide bonds. The maximum atomic E-state index is 12.1. The Morgan fingerprint density at radius 1 is 1.16 bits per heavy atom. The van der Waals surface area contributed by atoms with Crippen LogP contribution in [0.15, 0.2) is 53.4 Å². The molecule has 0 unspecified atom stereocenters. The van der Waals surface area contributed by atoms with Gasteiger partial charge in [0.05, 0.1) is 7.11 Å². The van der Waals surface area contributed by atoms with Crippen molar-refractivity contribution in [2.24, 2.45) is 0 Å². The van der Waals surface area contributed by atoms with Crippen LogP contribution in [-0.2, 0) is 14.8 Å². The van der Waals surface area contributed by atoms with E-state index in [-0.39, 0.29) is 16.6 Å². The number of benzene rings is 2. The summed E-state index contributed by atoms with van der Waals surface area (Å²) in [7, 11) is -0.941. The fourth-order valence-corrected chi connectivity index (χ4v) is 3.10.